The smallest absolute Gasteiger partial charge is 0.266 e. The third-order valence-corrected chi connectivity index (χ3v) is 3.82. The van der Waals surface area contributed by atoms with Crippen molar-refractivity contribution in [1.29, 1.82) is 0 Å². The highest BCUT2D eigenvalue weighted by Gasteiger charge is 2.36. The number of halogens is 2. The Labute approximate surface area is 123 Å². The van der Waals surface area contributed by atoms with Crippen LogP contribution in [0.3, 0.4) is 0 Å². The van der Waals surface area contributed by atoms with Crippen LogP contribution in [0.2, 0.25) is 0 Å². The first kappa shape index (κ1) is 13.0. The van der Waals surface area contributed by atoms with Crippen LogP contribution in [0.15, 0.2) is 40.9 Å². The zero-order valence-corrected chi connectivity index (χ0v) is 12.1. The minimum absolute atomic E-state index is 0.226. The summed E-state index contributed by atoms with van der Waals surface area (Å²) in [4.78, 5) is 25.7. The fourth-order valence-corrected chi connectivity index (χ4v) is 2.81. The second-order valence-electron chi connectivity index (χ2n) is 4.55. The second kappa shape index (κ2) is 4.52. The van der Waals surface area contributed by atoms with Gasteiger partial charge in [-0.2, -0.15) is 0 Å². The van der Waals surface area contributed by atoms with Crippen molar-refractivity contribution in [1.82, 2.24) is 0 Å². The third kappa shape index (κ3) is 1.78. The number of rotatable bonds is 1. The van der Waals surface area contributed by atoms with Crippen LogP contribution in [0, 0.1) is 12.7 Å². The highest BCUT2D eigenvalue weighted by molar-refractivity contribution is 9.10. The standard InChI is InChI=1S/C15H9BrFNO2/c1-8-6-9(7-12(16)13(8)17)18-14(19)10-4-2-3-5-11(10)15(18)20/h2-7H,1H3. The topological polar surface area (TPSA) is 37.4 Å². The van der Waals surface area contributed by atoms with Crippen LogP contribution in [-0.2, 0) is 0 Å². The van der Waals surface area contributed by atoms with Crippen LogP contribution in [0.25, 0.3) is 0 Å². The average molecular weight is 334 g/mol. The van der Waals surface area contributed by atoms with E-state index in [4.69, 9.17) is 0 Å². The van der Waals surface area contributed by atoms with E-state index in [2.05, 4.69) is 15.9 Å². The summed E-state index contributed by atoms with van der Waals surface area (Å²) in [6.07, 6.45) is 0. The molecule has 100 valence electrons. The summed E-state index contributed by atoms with van der Waals surface area (Å²) in [7, 11) is 0. The molecule has 0 saturated carbocycles. The molecule has 5 heteroatoms. The van der Waals surface area contributed by atoms with E-state index in [1.54, 1.807) is 31.2 Å². The molecule has 0 saturated heterocycles. The minimum Gasteiger partial charge on any atom is -0.268 e. The van der Waals surface area contributed by atoms with Gasteiger partial charge in [0.15, 0.2) is 0 Å². The molecule has 0 N–H and O–H groups in total. The Kier molecular flexibility index (Phi) is 2.94. The molecule has 2 amide bonds. The predicted octanol–water partition coefficient (Wildman–Crippen LogP) is 3.70. The zero-order chi connectivity index (χ0) is 14.4. The molecular formula is C15H9BrFNO2. The van der Waals surface area contributed by atoms with E-state index in [0.29, 0.717) is 22.4 Å². The molecular weight excluding hydrogens is 325 g/mol. The first-order valence-electron chi connectivity index (χ1n) is 5.94. The fourth-order valence-electron chi connectivity index (χ4n) is 2.26. The van der Waals surface area contributed by atoms with Gasteiger partial charge in [-0.3, -0.25) is 9.59 Å². The molecule has 3 rings (SSSR count). The summed E-state index contributed by atoms with van der Waals surface area (Å²) in [6, 6.07) is 9.56. The highest BCUT2D eigenvalue weighted by Crippen LogP contribution is 2.32. The number of fused-ring (bicyclic) bond motifs is 1. The maximum absolute atomic E-state index is 13.6. The van der Waals surface area contributed by atoms with Crippen molar-refractivity contribution in [3.63, 3.8) is 0 Å². The molecule has 0 fully saturated rings. The average Bonchev–Trinajstić information content (AvgIpc) is 2.68. The van der Waals surface area contributed by atoms with E-state index in [1.807, 2.05) is 0 Å². The molecule has 20 heavy (non-hydrogen) atoms. The Balaban J connectivity index is 2.14. The number of nitrogens with zero attached hydrogens (tertiary/aromatic N) is 1. The predicted molar refractivity (Wildman–Crippen MR) is 76.4 cm³/mol. The lowest BCUT2D eigenvalue weighted by molar-refractivity contribution is 0.0926. The highest BCUT2D eigenvalue weighted by atomic mass is 79.9. The Morgan fingerprint density at radius 1 is 1.05 bits per heavy atom. The maximum atomic E-state index is 13.6. The lowest BCUT2D eigenvalue weighted by Gasteiger charge is -2.15. The number of hydrogen-bond donors (Lipinski definition) is 0. The van der Waals surface area contributed by atoms with Gasteiger partial charge in [0.25, 0.3) is 11.8 Å². The summed E-state index contributed by atoms with van der Waals surface area (Å²) in [5.41, 5.74) is 1.47. The molecule has 1 aliphatic rings. The Morgan fingerprint density at radius 2 is 1.60 bits per heavy atom. The monoisotopic (exact) mass is 333 g/mol. The van der Waals surface area contributed by atoms with Crippen LogP contribution in [-0.4, -0.2) is 11.8 Å². The number of carbonyl (C=O) groups excluding carboxylic acids is 2. The molecule has 3 nitrogen and oxygen atoms in total. The van der Waals surface area contributed by atoms with Crippen molar-refractivity contribution >= 4 is 33.4 Å². The van der Waals surface area contributed by atoms with Gasteiger partial charge in [-0.05, 0) is 52.7 Å². The van der Waals surface area contributed by atoms with Crippen molar-refractivity contribution < 1.29 is 14.0 Å². The summed E-state index contributed by atoms with van der Waals surface area (Å²) in [5, 5.41) is 0. The van der Waals surface area contributed by atoms with Gasteiger partial charge in [-0.15, -0.1) is 0 Å². The molecule has 0 atom stereocenters. The van der Waals surface area contributed by atoms with Gasteiger partial charge in [0.2, 0.25) is 0 Å². The van der Waals surface area contributed by atoms with Gasteiger partial charge in [0, 0.05) is 0 Å². The van der Waals surface area contributed by atoms with E-state index in [0.717, 1.165) is 4.90 Å². The second-order valence-corrected chi connectivity index (χ2v) is 5.40. The lowest BCUT2D eigenvalue weighted by atomic mass is 10.1. The number of benzene rings is 2. The summed E-state index contributed by atoms with van der Waals surface area (Å²) >= 11 is 3.09. The molecule has 0 unspecified atom stereocenters. The number of hydrogen-bond acceptors (Lipinski definition) is 2. The van der Waals surface area contributed by atoms with Crippen molar-refractivity contribution in [2.75, 3.05) is 4.90 Å². The summed E-state index contributed by atoms with van der Waals surface area (Å²) in [5.74, 6) is -1.17. The number of aryl methyl sites for hydroxylation is 1. The maximum Gasteiger partial charge on any atom is 0.266 e. The van der Waals surface area contributed by atoms with E-state index in [1.165, 1.54) is 12.1 Å². The number of carbonyl (C=O) groups is 2. The van der Waals surface area contributed by atoms with Gasteiger partial charge in [0.1, 0.15) is 5.82 Å². The lowest BCUT2D eigenvalue weighted by Crippen LogP contribution is -2.29. The van der Waals surface area contributed by atoms with Gasteiger partial charge < -0.3 is 0 Å². The Bertz CT molecular complexity index is 699. The molecule has 0 aromatic heterocycles. The molecule has 2 aromatic rings. The zero-order valence-electron chi connectivity index (χ0n) is 10.5. The van der Waals surface area contributed by atoms with Crippen LogP contribution in [0.5, 0.6) is 0 Å². The molecule has 1 heterocycles. The van der Waals surface area contributed by atoms with Crippen molar-refractivity contribution in [3.05, 3.63) is 63.4 Å². The number of amides is 2. The largest absolute Gasteiger partial charge is 0.268 e. The minimum atomic E-state index is -0.398. The molecule has 2 aromatic carbocycles. The molecule has 0 spiro atoms. The normalized spacial score (nSPS) is 13.8. The first-order valence-corrected chi connectivity index (χ1v) is 6.73. The van der Waals surface area contributed by atoms with Crippen LogP contribution in [0.1, 0.15) is 26.3 Å². The van der Waals surface area contributed by atoms with Gasteiger partial charge in [0.05, 0.1) is 21.3 Å². The Morgan fingerprint density at radius 3 is 2.10 bits per heavy atom. The number of anilines is 1. The van der Waals surface area contributed by atoms with Crippen LogP contribution >= 0.6 is 15.9 Å². The molecule has 0 aliphatic carbocycles. The Hall–Kier alpha value is -2.01. The van der Waals surface area contributed by atoms with E-state index in [-0.39, 0.29) is 16.3 Å². The third-order valence-electron chi connectivity index (χ3n) is 3.25. The molecule has 0 radical (unpaired) electrons. The van der Waals surface area contributed by atoms with E-state index >= 15 is 0 Å². The molecule has 0 bridgehead atoms. The van der Waals surface area contributed by atoms with Crippen molar-refractivity contribution in [2.24, 2.45) is 0 Å². The quantitative estimate of drug-likeness (QED) is 0.746. The van der Waals surface area contributed by atoms with Gasteiger partial charge in [-0.1, -0.05) is 12.1 Å². The van der Waals surface area contributed by atoms with Crippen LogP contribution < -0.4 is 4.90 Å². The first-order chi connectivity index (χ1) is 9.50. The van der Waals surface area contributed by atoms with Crippen molar-refractivity contribution in [2.45, 2.75) is 6.92 Å². The van der Waals surface area contributed by atoms with E-state index in [9.17, 15) is 14.0 Å². The molecule has 1 aliphatic heterocycles. The van der Waals surface area contributed by atoms with Crippen molar-refractivity contribution in [3.8, 4) is 0 Å². The SMILES string of the molecule is Cc1cc(N2C(=O)c3ccccc3C2=O)cc(Br)c1F. The summed E-state index contributed by atoms with van der Waals surface area (Å²) < 4.78 is 13.8. The van der Waals surface area contributed by atoms with Crippen LogP contribution in [0.4, 0.5) is 10.1 Å². The van der Waals surface area contributed by atoms with Gasteiger partial charge in [-0.25, -0.2) is 9.29 Å². The fraction of sp³-hybridized carbons (Fsp3) is 0.0667. The number of imide groups is 1. The van der Waals surface area contributed by atoms with E-state index < -0.39 is 5.82 Å². The van der Waals surface area contributed by atoms with Gasteiger partial charge >= 0.3 is 0 Å². The summed E-state index contributed by atoms with van der Waals surface area (Å²) in [6.45, 7) is 1.59.